The molecule has 0 saturated heterocycles. The number of ether oxygens (including phenoxy) is 2. The van der Waals surface area contributed by atoms with E-state index in [4.69, 9.17) is 15.2 Å². The maximum atomic E-state index is 13.1. The van der Waals surface area contributed by atoms with E-state index in [0.717, 1.165) is 0 Å². The predicted octanol–water partition coefficient (Wildman–Crippen LogP) is 2.62. The fourth-order valence-corrected chi connectivity index (χ4v) is 3.12. The Morgan fingerprint density at radius 1 is 1.15 bits per heavy atom. The predicted molar refractivity (Wildman–Crippen MR) is 128 cm³/mol. The zero-order valence-electron chi connectivity index (χ0n) is 20.4. The van der Waals surface area contributed by atoms with Crippen LogP contribution in [-0.4, -0.2) is 49.8 Å². The van der Waals surface area contributed by atoms with E-state index >= 15 is 0 Å². The summed E-state index contributed by atoms with van der Waals surface area (Å²) in [6.45, 7) is 9.30. The first-order chi connectivity index (χ1) is 15.6. The Balaban J connectivity index is 2.92. The molecule has 4 N–H and O–H groups in total. The van der Waals surface area contributed by atoms with Gasteiger partial charge in [0.05, 0.1) is 25.0 Å². The molecule has 1 unspecified atom stereocenters. The fraction of sp³-hybridized carbons (Fsp3) is 0.500. The van der Waals surface area contributed by atoms with E-state index in [9.17, 15) is 14.4 Å². The van der Waals surface area contributed by atoms with E-state index in [0.29, 0.717) is 36.7 Å². The number of esters is 1. The number of benzene rings is 1. The lowest BCUT2D eigenvalue weighted by atomic mass is 10.0. The minimum atomic E-state index is -0.784. The number of rotatable bonds is 12. The summed E-state index contributed by atoms with van der Waals surface area (Å²) < 4.78 is 10.2. The molecule has 1 atom stereocenters. The van der Waals surface area contributed by atoms with Crippen molar-refractivity contribution >= 4 is 29.2 Å². The minimum Gasteiger partial charge on any atom is -0.494 e. The van der Waals surface area contributed by atoms with Gasteiger partial charge in [0.1, 0.15) is 17.5 Å². The van der Waals surface area contributed by atoms with Crippen molar-refractivity contribution in [3.05, 3.63) is 35.5 Å². The Morgan fingerprint density at radius 3 is 2.39 bits per heavy atom. The zero-order valence-corrected chi connectivity index (χ0v) is 20.4. The van der Waals surface area contributed by atoms with Crippen LogP contribution in [0.15, 0.2) is 40.5 Å². The lowest BCUT2D eigenvalue weighted by molar-refractivity contribution is -0.143. The summed E-state index contributed by atoms with van der Waals surface area (Å²) in [5.41, 5.74) is 7.44. The second-order valence-electron chi connectivity index (χ2n) is 7.82. The van der Waals surface area contributed by atoms with Crippen LogP contribution >= 0.6 is 0 Å². The van der Waals surface area contributed by atoms with E-state index in [1.165, 1.54) is 0 Å². The number of carbonyl (C=O) groups excluding carboxylic acids is 3. The van der Waals surface area contributed by atoms with Crippen LogP contribution in [-0.2, 0) is 19.1 Å². The van der Waals surface area contributed by atoms with Crippen molar-refractivity contribution in [2.75, 3.05) is 20.3 Å². The van der Waals surface area contributed by atoms with Gasteiger partial charge in [-0.3, -0.25) is 14.4 Å². The molecule has 0 aliphatic carbocycles. The first-order valence-corrected chi connectivity index (χ1v) is 11.0. The second kappa shape index (κ2) is 13.9. The average Bonchev–Trinajstić information content (AvgIpc) is 2.75. The standard InChI is InChI=1S/C24H36N4O5/c1-7-33-20(29)13-10-14-26-24(31)22(15(2)3)28-23(30)21(16(4)25)17(5)27-18-11-8-9-12-19(18)32-6/h8-9,11-12,15,22H,7,10,13-14,25H2,1-6H3,(H,26,31)(H,28,30)/b21-16+,27-17?. The molecule has 1 aromatic rings. The molecule has 0 heterocycles. The number of hydrogen-bond acceptors (Lipinski definition) is 7. The van der Waals surface area contributed by atoms with Crippen LogP contribution in [0.5, 0.6) is 5.75 Å². The summed E-state index contributed by atoms with van der Waals surface area (Å²) in [6, 6.07) is 6.39. The van der Waals surface area contributed by atoms with Gasteiger partial charge in [0, 0.05) is 18.7 Å². The molecule has 0 saturated carbocycles. The van der Waals surface area contributed by atoms with Crippen LogP contribution in [0.4, 0.5) is 5.69 Å². The number of nitrogens with zero attached hydrogens (tertiary/aromatic N) is 1. The molecule has 2 amide bonds. The van der Waals surface area contributed by atoms with Crippen molar-refractivity contribution in [3.8, 4) is 5.75 Å². The molecule has 9 heteroatoms. The summed E-state index contributed by atoms with van der Waals surface area (Å²) >= 11 is 0. The molecule has 182 valence electrons. The minimum absolute atomic E-state index is 0.176. The van der Waals surface area contributed by atoms with Gasteiger partial charge in [0.25, 0.3) is 5.91 Å². The van der Waals surface area contributed by atoms with Gasteiger partial charge >= 0.3 is 5.97 Å². The van der Waals surface area contributed by atoms with Gasteiger partial charge in [0.2, 0.25) is 5.91 Å². The SMILES string of the molecule is CCOC(=O)CCCNC(=O)C(NC(=O)/C(C(C)=Nc1ccccc1OC)=C(\C)N)C(C)C. The van der Waals surface area contributed by atoms with E-state index < -0.39 is 11.9 Å². The highest BCUT2D eigenvalue weighted by Gasteiger charge is 2.27. The number of amides is 2. The van der Waals surface area contributed by atoms with Crippen molar-refractivity contribution in [1.29, 1.82) is 0 Å². The Bertz CT molecular complexity index is 889. The third-order valence-corrected chi connectivity index (χ3v) is 4.75. The Labute approximate surface area is 195 Å². The molecule has 0 bridgehead atoms. The lowest BCUT2D eigenvalue weighted by Crippen LogP contribution is -2.50. The quantitative estimate of drug-likeness (QED) is 0.190. The number of allylic oxidation sites excluding steroid dienone is 1. The molecule has 0 aliphatic heterocycles. The summed E-state index contributed by atoms with van der Waals surface area (Å²) in [5, 5.41) is 5.53. The highest BCUT2D eigenvalue weighted by molar-refractivity contribution is 6.22. The third-order valence-electron chi connectivity index (χ3n) is 4.75. The van der Waals surface area contributed by atoms with Crippen LogP contribution in [0.3, 0.4) is 0 Å². The van der Waals surface area contributed by atoms with Gasteiger partial charge < -0.3 is 25.8 Å². The number of aliphatic imine (C=N–C) groups is 1. The Kier molecular flexibility index (Phi) is 11.7. The molecule has 0 radical (unpaired) electrons. The monoisotopic (exact) mass is 460 g/mol. The van der Waals surface area contributed by atoms with Crippen LogP contribution in [0, 0.1) is 5.92 Å². The maximum absolute atomic E-state index is 13.1. The fourth-order valence-electron chi connectivity index (χ4n) is 3.12. The van der Waals surface area contributed by atoms with Gasteiger partial charge in [-0.05, 0) is 45.2 Å². The summed E-state index contributed by atoms with van der Waals surface area (Å²) in [6.07, 6.45) is 0.658. The molecule has 0 aliphatic rings. The maximum Gasteiger partial charge on any atom is 0.305 e. The van der Waals surface area contributed by atoms with E-state index in [1.54, 1.807) is 40.0 Å². The van der Waals surface area contributed by atoms with Gasteiger partial charge in [-0.25, -0.2) is 4.99 Å². The number of methoxy groups -OCH3 is 1. The largest absolute Gasteiger partial charge is 0.494 e. The van der Waals surface area contributed by atoms with E-state index in [-0.39, 0.29) is 35.5 Å². The van der Waals surface area contributed by atoms with Crippen LogP contribution in [0.2, 0.25) is 0 Å². The zero-order chi connectivity index (χ0) is 25.0. The Hall–Kier alpha value is -3.36. The van der Waals surface area contributed by atoms with Gasteiger partial charge in [-0.2, -0.15) is 0 Å². The smallest absolute Gasteiger partial charge is 0.305 e. The molecular weight excluding hydrogens is 424 g/mol. The number of carbonyl (C=O) groups is 3. The number of nitrogens with one attached hydrogen (secondary N) is 2. The molecule has 9 nitrogen and oxygen atoms in total. The summed E-state index contributed by atoms with van der Waals surface area (Å²) in [7, 11) is 1.54. The van der Waals surface area contributed by atoms with Crippen LogP contribution in [0.25, 0.3) is 0 Å². The van der Waals surface area contributed by atoms with E-state index in [2.05, 4.69) is 15.6 Å². The van der Waals surface area contributed by atoms with Crippen molar-refractivity contribution < 1.29 is 23.9 Å². The molecule has 0 fully saturated rings. The highest BCUT2D eigenvalue weighted by atomic mass is 16.5. The molecule has 1 aromatic carbocycles. The second-order valence-corrected chi connectivity index (χ2v) is 7.82. The van der Waals surface area contributed by atoms with E-state index in [1.807, 2.05) is 26.0 Å². The summed E-state index contributed by atoms with van der Waals surface area (Å²) in [5.74, 6) is -0.751. The van der Waals surface area contributed by atoms with Crippen molar-refractivity contribution in [1.82, 2.24) is 10.6 Å². The highest BCUT2D eigenvalue weighted by Crippen LogP contribution is 2.27. The Morgan fingerprint density at radius 2 is 1.82 bits per heavy atom. The molecule has 0 aromatic heterocycles. The average molecular weight is 461 g/mol. The first-order valence-electron chi connectivity index (χ1n) is 11.0. The van der Waals surface area contributed by atoms with Gasteiger partial charge in [0.15, 0.2) is 0 Å². The topological polar surface area (TPSA) is 132 Å². The first kappa shape index (κ1) is 27.7. The van der Waals surface area contributed by atoms with Crippen LogP contribution in [0.1, 0.15) is 47.5 Å². The third kappa shape index (κ3) is 8.96. The number of para-hydroxylation sites is 2. The number of hydrogen-bond donors (Lipinski definition) is 3. The molecule has 0 spiro atoms. The van der Waals surface area contributed by atoms with Crippen molar-refractivity contribution in [2.45, 2.75) is 53.5 Å². The number of nitrogens with two attached hydrogens (primary N) is 1. The van der Waals surface area contributed by atoms with Gasteiger partial charge in [-0.15, -0.1) is 0 Å². The summed E-state index contributed by atoms with van der Waals surface area (Å²) in [4.78, 5) is 41.7. The lowest BCUT2D eigenvalue weighted by Gasteiger charge is -2.23. The molecular formula is C24H36N4O5. The van der Waals surface area contributed by atoms with Crippen molar-refractivity contribution in [3.63, 3.8) is 0 Å². The normalized spacial score (nSPS) is 13.1. The van der Waals surface area contributed by atoms with Crippen LogP contribution < -0.4 is 21.1 Å². The molecule has 1 rings (SSSR count). The van der Waals surface area contributed by atoms with Crippen molar-refractivity contribution in [2.24, 2.45) is 16.6 Å². The van der Waals surface area contributed by atoms with Gasteiger partial charge in [-0.1, -0.05) is 26.0 Å². The molecule has 33 heavy (non-hydrogen) atoms.